The lowest BCUT2D eigenvalue weighted by Crippen LogP contribution is -2.46. The second-order valence-corrected chi connectivity index (χ2v) is 9.27. The van der Waals surface area contributed by atoms with Crippen molar-refractivity contribution in [2.75, 3.05) is 20.2 Å². The maximum atomic E-state index is 13.7. The molecule has 6 heteroatoms. The number of likely N-dealkylation sites (N-methyl/N-ethyl adjacent to an activating group) is 1. The summed E-state index contributed by atoms with van der Waals surface area (Å²) in [6, 6.07) is 18.3. The number of pyridine rings is 1. The van der Waals surface area contributed by atoms with E-state index in [1.54, 1.807) is 24.5 Å². The number of carbonyl (C=O) groups excluding carboxylic acids is 1. The van der Waals surface area contributed by atoms with Crippen molar-refractivity contribution in [2.45, 2.75) is 51.2 Å². The van der Waals surface area contributed by atoms with E-state index in [4.69, 9.17) is 4.74 Å². The summed E-state index contributed by atoms with van der Waals surface area (Å²) in [5.41, 5.74) is 3.13. The summed E-state index contributed by atoms with van der Waals surface area (Å²) in [6.07, 6.45) is 8.54. The van der Waals surface area contributed by atoms with Crippen molar-refractivity contribution in [3.63, 3.8) is 0 Å². The Morgan fingerprint density at radius 1 is 1.00 bits per heavy atom. The molecule has 0 bridgehead atoms. The molecule has 1 fully saturated rings. The molecule has 1 aliphatic heterocycles. The minimum Gasteiger partial charge on any atom is -0.493 e. The third-order valence-electron chi connectivity index (χ3n) is 6.58. The molecule has 2 aromatic carbocycles. The number of hydrogen-bond donors (Lipinski definition) is 0. The molecule has 1 aliphatic rings. The number of ether oxygens (including phenoxy) is 1. The molecule has 5 nitrogen and oxygen atoms in total. The van der Waals surface area contributed by atoms with E-state index >= 15 is 0 Å². The molecule has 0 aliphatic carbocycles. The first-order valence-electron chi connectivity index (χ1n) is 12.4. The van der Waals surface area contributed by atoms with Gasteiger partial charge in [0.15, 0.2) is 0 Å². The number of hydrogen-bond acceptors (Lipinski definition) is 4. The zero-order chi connectivity index (χ0) is 24.5. The van der Waals surface area contributed by atoms with Gasteiger partial charge in [0, 0.05) is 31.9 Å². The summed E-state index contributed by atoms with van der Waals surface area (Å²) in [6.45, 7) is 2.51. The van der Waals surface area contributed by atoms with Gasteiger partial charge in [0.1, 0.15) is 11.6 Å². The highest BCUT2D eigenvalue weighted by atomic mass is 19.1. The number of carbonyl (C=O) groups is 1. The van der Waals surface area contributed by atoms with Gasteiger partial charge in [-0.25, -0.2) is 4.39 Å². The van der Waals surface area contributed by atoms with Gasteiger partial charge < -0.3 is 9.64 Å². The normalized spacial score (nSPS) is 16.5. The van der Waals surface area contributed by atoms with Gasteiger partial charge in [-0.1, -0.05) is 37.1 Å². The molecule has 1 amide bonds. The Hall–Kier alpha value is -3.25. The van der Waals surface area contributed by atoms with Crippen LogP contribution in [0.3, 0.4) is 0 Å². The Kier molecular flexibility index (Phi) is 8.85. The molecule has 1 aromatic heterocycles. The van der Waals surface area contributed by atoms with Crippen LogP contribution in [0.4, 0.5) is 4.39 Å². The van der Waals surface area contributed by atoms with Crippen LogP contribution in [-0.2, 0) is 24.3 Å². The Balaban J connectivity index is 1.44. The van der Waals surface area contributed by atoms with Gasteiger partial charge in [0.25, 0.3) is 0 Å². The van der Waals surface area contributed by atoms with Crippen LogP contribution in [0.2, 0.25) is 0 Å². The molecule has 1 atom stereocenters. The SMILES string of the molecule is CN1CCCCCC1C(=O)N(Cc1ccncc1)Cc1cccc(OCCc2ccc(F)cc2)c1. The lowest BCUT2D eigenvalue weighted by molar-refractivity contribution is -0.138. The van der Waals surface area contributed by atoms with Gasteiger partial charge in [-0.3, -0.25) is 14.7 Å². The number of nitrogens with zero attached hydrogens (tertiary/aromatic N) is 3. The van der Waals surface area contributed by atoms with Gasteiger partial charge in [-0.2, -0.15) is 0 Å². The standard InChI is InChI=1S/C29H34FN3O2/c1-32-18-4-2-3-8-28(32)29(34)33(21-24-13-16-31-17-14-24)22-25-6-5-7-27(20-25)35-19-15-23-9-11-26(30)12-10-23/h5-7,9-14,16-17,20,28H,2-4,8,15,18-19,21-22H2,1H3. The molecule has 0 N–H and O–H groups in total. The Morgan fingerprint density at radius 2 is 1.77 bits per heavy atom. The maximum absolute atomic E-state index is 13.7. The number of halogens is 1. The number of amides is 1. The van der Waals surface area contributed by atoms with Crippen molar-refractivity contribution in [1.82, 2.24) is 14.8 Å². The third kappa shape index (κ3) is 7.36. The van der Waals surface area contributed by atoms with Gasteiger partial charge in [-0.05, 0) is 79.5 Å². The first kappa shape index (κ1) is 24.9. The summed E-state index contributed by atoms with van der Waals surface area (Å²) in [4.78, 5) is 22.0. The lowest BCUT2D eigenvalue weighted by atomic mass is 10.1. The maximum Gasteiger partial charge on any atom is 0.240 e. The predicted octanol–water partition coefficient (Wildman–Crippen LogP) is 5.25. The van der Waals surface area contributed by atoms with Crippen LogP contribution in [0.25, 0.3) is 0 Å². The van der Waals surface area contributed by atoms with Crippen molar-refractivity contribution in [3.8, 4) is 5.75 Å². The number of benzene rings is 2. The van der Waals surface area contributed by atoms with E-state index in [9.17, 15) is 9.18 Å². The van der Waals surface area contributed by atoms with Crippen LogP contribution in [-0.4, -0.2) is 46.9 Å². The molecule has 1 unspecified atom stereocenters. The third-order valence-corrected chi connectivity index (χ3v) is 6.58. The largest absolute Gasteiger partial charge is 0.493 e. The Bertz CT molecular complexity index is 1070. The number of rotatable bonds is 9. The fourth-order valence-electron chi connectivity index (χ4n) is 4.59. The fourth-order valence-corrected chi connectivity index (χ4v) is 4.59. The van der Waals surface area contributed by atoms with Crippen LogP contribution in [0, 0.1) is 5.82 Å². The van der Waals surface area contributed by atoms with Gasteiger partial charge in [0.2, 0.25) is 5.91 Å². The van der Waals surface area contributed by atoms with Crippen molar-refractivity contribution in [1.29, 1.82) is 0 Å². The minimum atomic E-state index is -0.233. The van der Waals surface area contributed by atoms with Crippen LogP contribution in [0.1, 0.15) is 42.4 Å². The van der Waals surface area contributed by atoms with E-state index in [1.807, 2.05) is 41.3 Å². The van der Waals surface area contributed by atoms with E-state index in [1.165, 1.54) is 18.6 Å². The number of likely N-dealkylation sites (tertiary alicyclic amines) is 1. The zero-order valence-electron chi connectivity index (χ0n) is 20.4. The van der Waals surface area contributed by atoms with Crippen LogP contribution >= 0.6 is 0 Å². The average molecular weight is 476 g/mol. The molecule has 1 saturated heterocycles. The topological polar surface area (TPSA) is 45.7 Å². The molecule has 3 aromatic rings. The van der Waals surface area contributed by atoms with Crippen molar-refractivity contribution in [3.05, 3.63) is 95.6 Å². The first-order chi connectivity index (χ1) is 17.1. The van der Waals surface area contributed by atoms with E-state index in [0.717, 1.165) is 48.2 Å². The predicted molar refractivity (Wildman–Crippen MR) is 135 cm³/mol. The average Bonchev–Trinajstić information content (AvgIpc) is 3.09. The summed E-state index contributed by atoms with van der Waals surface area (Å²) in [5.74, 6) is 0.713. The Morgan fingerprint density at radius 3 is 2.57 bits per heavy atom. The molecular weight excluding hydrogens is 441 g/mol. The molecule has 0 spiro atoms. The number of aromatic nitrogens is 1. The fraction of sp³-hybridized carbons (Fsp3) is 0.379. The van der Waals surface area contributed by atoms with E-state index in [0.29, 0.717) is 26.1 Å². The summed E-state index contributed by atoms with van der Waals surface area (Å²) in [5, 5.41) is 0. The van der Waals surface area contributed by atoms with Crippen LogP contribution < -0.4 is 4.74 Å². The summed E-state index contributed by atoms with van der Waals surface area (Å²) < 4.78 is 19.1. The monoisotopic (exact) mass is 475 g/mol. The molecule has 35 heavy (non-hydrogen) atoms. The lowest BCUT2D eigenvalue weighted by Gasteiger charge is -2.31. The smallest absolute Gasteiger partial charge is 0.240 e. The molecule has 0 radical (unpaired) electrons. The summed E-state index contributed by atoms with van der Waals surface area (Å²) in [7, 11) is 2.06. The highest BCUT2D eigenvalue weighted by Gasteiger charge is 2.29. The van der Waals surface area contributed by atoms with Crippen molar-refractivity contribution < 1.29 is 13.9 Å². The Labute approximate surface area is 207 Å². The summed E-state index contributed by atoms with van der Waals surface area (Å²) >= 11 is 0. The second kappa shape index (κ2) is 12.5. The van der Waals surface area contributed by atoms with Crippen molar-refractivity contribution >= 4 is 5.91 Å². The highest BCUT2D eigenvalue weighted by molar-refractivity contribution is 5.82. The van der Waals surface area contributed by atoms with Crippen molar-refractivity contribution in [2.24, 2.45) is 0 Å². The van der Waals surface area contributed by atoms with E-state index < -0.39 is 0 Å². The van der Waals surface area contributed by atoms with E-state index in [2.05, 4.69) is 16.9 Å². The second-order valence-electron chi connectivity index (χ2n) is 9.27. The van der Waals surface area contributed by atoms with Gasteiger partial charge in [-0.15, -0.1) is 0 Å². The molecule has 4 rings (SSSR count). The van der Waals surface area contributed by atoms with Gasteiger partial charge >= 0.3 is 0 Å². The molecule has 184 valence electrons. The molecule has 0 saturated carbocycles. The zero-order valence-corrected chi connectivity index (χ0v) is 20.4. The quantitative estimate of drug-likeness (QED) is 0.424. The van der Waals surface area contributed by atoms with Crippen LogP contribution in [0.5, 0.6) is 5.75 Å². The molecular formula is C29H34FN3O2. The van der Waals surface area contributed by atoms with Crippen LogP contribution in [0.15, 0.2) is 73.1 Å². The van der Waals surface area contributed by atoms with E-state index in [-0.39, 0.29) is 17.8 Å². The minimum absolute atomic E-state index is 0.0884. The highest BCUT2D eigenvalue weighted by Crippen LogP contribution is 2.21. The van der Waals surface area contributed by atoms with Gasteiger partial charge in [0.05, 0.1) is 12.6 Å². The first-order valence-corrected chi connectivity index (χ1v) is 12.4. The molecule has 2 heterocycles.